The summed E-state index contributed by atoms with van der Waals surface area (Å²) in [5, 5.41) is 0. The molecule has 0 aliphatic carbocycles. The van der Waals surface area contributed by atoms with Crippen LogP contribution in [0.1, 0.15) is 0 Å². The summed E-state index contributed by atoms with van der Waals surface area (Å²) in [7, 11) is -9.33. The molecule has 0 radical (unpaired) electrons. The van der Waals surface area contributed by atoms with E-state index in [9.17, 15) is 0 Å². The van der Waals surface area contributed by atoms with E-state index in [0.29, 0.717) is 0 Å². The van der Waals surface area contributed by atoms with Crippen LogP contribution in [0.25, 0.3) is 0 Å². The molecule has 13 heteroatoms. The van der Waals surface area contributed by atoms with Crippen LogP contribution >= 0.6 is 0 Å². The standard InChI is InChI=1S/Al.Ca.Na.2H2O4S.6H/c;;;2*1-5(2,3)4;;;;;;/h;;;2*(H2,1,2,3,4);;;;;;. The predicted molar refractivity (Wildman–Crippen MR) is 54.0 cm³/mol. The van der Waals surface area contributed by atoms with Crippen molar-refractivity contribution in [2.24, 2.45) is 0 Å². The summed E-state index contributed by atoms with van der Waals surface area (Å²) in [6.45, 7) is 0. The summed E-state index contributed by atoms with van der Waals surface area (Å²) in [6, 6.07) is 0. The van der Waals surface area contributed by atoms with Crippen molar-refractivity contribution in [3.63, 3.8) is 0 Å². The Morgan fingerprint density at radius 3 is 0.692 bits per heavy atom. The molecule has 0 amide bonds. The van der Waals surface area contributed by atoms with Crippen LogP contribution in [-0.4, -0.2) is 120 Å². The van der Waals surface area contributed by atoms with E-state index in [-0.39, 0.29) is 84.7 Å². The molecular formula is H10AlCaNaO8S2. The summed E-state index contributed by atoms with van der Waals surface area (Å²) in [4.78, 5) is 0. The van der Waals surface area contributed by atoms with E-state index >= 15 is 0 Å². The van der Waals surface area contributed by atoms with Gasteiger partial charge in [0.2, 0.25) is 0 Å². The second kappa shape index (κ2) is 12.6. The van der Waals surface area contributed by atoms with Gasteiger partial charge < -0.3 is 0 Å². The Balaban J connectivity index is -0.0000000267. The van der Waals surface area contributed by atoms with Crippen LogP contribution in [0, 0.1) is 0 Å². The van der Waals surface area contributed by atoms with E-state index in [1.54, 1.807) is 0 Å². The van der Waals surface area contributed by atoms with E-state index in [0.717, 1.165) is 0 Å². The molecule has 0 aliphatic heterocycles. The third kappa shape index (κ3) is 356. The van der Waals surface area contributed by atoms with Gasteiger partial charge in [-0.25, -0.2) is 0 Å². The third-order valence-corrected chi connectivity index (χ3v) is 0. The summed E-state index contributed by atoms with van der Waals surface area (Å²) < 4.78 is 63.2. The van der Waals surface area contributed by atoms with E-state index < -0.39 is 20.8 Å². The fourth-order valence-corrected chi connectivity index (χ4v) is 0. The van der Waals surface area contributed by atoms with Gasteiger partial charge in [-0.3, -0.25) is 18.2 Å². The van der Waals surface area contributed by atoms with Crippen LogP contribution < -0.4 is 0 Å². The van der Waals surface area contributed by atoms with Gasteiger partial charge in [0.15, 0.2) is 17.4 Å². The predicted octanol–water partition coefficient (Wildman–Crippen LogP) is -4.05. The zero-order chi connectivity index (χ0) is 9.00. The second-order valence-corrected chi connectivity index (χ2v) is 2.69. The van der Waals surface area contributed by atoms with Gasteiger partial charge in [0.25, 0.3) is 0 Å². The maximum atomic E-state index is 8.74. The fraction of sp³-hybridized carbons (Fsp3) is 0. The zero-order valence-corrected chi connectivity index (χ0v) is 5.87. The molecule has 0 fully saturated rings. The number of hydrogen-bond donors (Lipinski definition) is 4. The monoisotopic (exact) mass is 292 g/mol. The molecule has 13 heavy (non-hydrogen) atoms. The van der Waals surface area contributed by atoms with E-state index in [2.05, 4.69) is 0 Å². The Labute approximate surface area is 138 Å². The van der Waals surface area contributed by atoms with Crippen molar-refractivity contribution in [3.8, 4) is 0 Å². The molecule has 0 unspecified atom stereocenters. The number of hydrogen-bond acceptors (Lipinski definition) is 4. The SMILES string of the molecule is O=S(=O)(O)O.O=S(=O)(O)O.[AlH3].[CaH2].[NaH]. The Morgan fingerprint density at radius 2 is 0.692 bits per heavy atom. The number of rotatable bonds is 0. The first kappa shape index (κ1) is 29.6. The normalized spacial score (nSPS) is 8.92. The molecule has 0 atom stereocenters. The molecule has 0 saturated carbocycles. The quantitative estimate of drug-likeness (QED) is 0.260. The summed E-state index contributed by atoms with van der Waals surface area (Å²) in [5.74, 6) is 0. The van der Waals surface area contributed by atoms with Crippen molar-refractivity contribution in [2.75, 3.05) is 0 Å². The van der Waals surface area contributed by atoms with Crippen LogP contribution in [0.5, 0.6) is 0 Å². The van der Waals surface area contributed by atoms with Crippen molar-refractivity contribution in [3.05, 3.63) is 0 Å². The molecule has 0 rings (SSSR count). The zero-order valence-electron chi connectivity index (χ0n) is 4.24. The van der Waals surface area contributed by atoms with Gasteiger partial charge in [-0.1, -0.05) is 0 Å². The minimum atomic E-state index is -4.67. The first-order chi connectivity index (χ1) is 4.00. The van der Waals surface area contributed by atoms with E-state index in [1.165, 1.54) is 0 Å². The van der Waals surface area contributed by atoms with Gasteiger partial charge >= 0.3 is 88.1 Å². The van der Waals surface area contributed by atoms with Crippen molar-refractivity contribution >= 4 is 105 Å². The average Bonchev–Trinajstić information content (AvgIpc) is 1.12. The van der Waals surface area contributed by atoms with Crippen molar-refractivity contribution in [1.82, 2.24) is 0 Å². The second-order valence-electron chi connectivity index (χ2n) is 0.896. The average molecular weight is 292 g/mol. The first-order valence-electron chi connectivity index (χ1n) is 1.40. The molecule has 8 nitrogen and oxygen atoms in total. The van der Waals surface area contributed by atoms with Crippen LogP contribution in [0.3, 0.4) is 0 Å². The van der Waals surface area contributed by atoms with Crippen molar-refractivity contribution in [1.29, 1.82) is 0 Å². The van der Waals surface area contributed by atoms with Gasteiger partial charge in [0.1, 0.15) is 0 Å². The van der Waals surface area contributed by atoms with E-state index in [4.69, 9.17) is 35.0 Å². The summed E-state index contributed by atoms with van der Waals surface area (Å²) in [5.41, 5.74) is 0. The minimum absolute atomic E-state index is 0. The molecule has 0 spiro atoms. The molecule has 0 aromatic heterocycles. The summed E-state index contributed by atoms with van der Waals surface area (Å²) >= 11 is 0. The molecule has 0 saturated heterocycles. The molecule has 76 valence electrons. The van der Waals surface area contributed by atoms with E-state index in [1.807, 2.05) is 0 Å². The van der Waals surface area contributed by atoms with Crippen LogP contribution in [0.15, 0.2) is 0 Å². The molecule has 0 bridgehead atoms. The topological polar surface area (TPSA) is 149 Å². The van der Waals surface area contributed by atoms with Crippen LogP contribution in [0.4, 0.5) is 0 Å². The van der Waals surface area contributed by atoms with Crippen LogP contribution in [-0.2, 0) is 20.8 Å². The third-order valence-electron chi connectivity index (χ3n) is 0. The Hall–Kier alpha value is 2.53. The van der Waals surface area contributed by atoms with Gasteiger partial charge in [0, 0.05) is 0 Å². The van der Waals surface area contributed by atoms with Crippen molar-refractivity contribution < 1.29 is 35.0 Å². The van der Waals surface area contributed by atoms with Gasteiger partial charge in [-0.05, 0) is 0 Å². The molecule has 0 aliphatic rings. The molecule has 4 N–H and O–H groups in total. The van der Waals surface area contributed by atoms with Crippen molar-refractivity contribution in [2.45, 2.75) is 0 Å². The van der Waals surface area contributed by atoms with Crippen LogP contribution in [0.2, 0.25) is 0 Å². The van der Waals surface area contributed by atoms with Gasteiger partial charge in [-0.2, -0.15) is 16.8 Å². The van der Waals surface area contributed by atoms with Gasteiger partial charge in [0.05, 0.1) is 0 Å². The van der Waals surface area contributed by atoms with Gasteiger partial charge in [-0.15, -0.1) is 0 Å². The Morgan fingerprint density at radius 1 is 0.692 bits per heavy atom. The molecular weight excluding hydrogens is 282 g/mol. The molecule has 0 aromatic carbocycles. The maximum absolute atomic E-state index is 8.74. The summed E-state index contributed by atoms with van der Waals surface area (Å²) in [6.07, 6.45) is 0. The molecule has 0 heterocycles. The Bertz CT molecular complexity index is 219. The Kier molecular flexibility index (Phi) is 28.7. The fourth-order valence-electron chi connectivity index (χ4n) is 0. The molecule has 0 aromatic rings. The first-order valence-corrected chi connectivity index (χ1v) is 4.19.